The van der Waals surface area contributed by atoms with Gasteiger partial charge in [-0.2, -0.15) is 12.6 Å². The van der Waals surface area contributed by atoms with Crippen molar-refractivity contribution in [2.45, 2.75) is 49.8 Å². The van der Waals surface area contributed by atoms with Crippen LogP contribution in [0.4, 0.5) is 0 Å². The standard InChI is InChI=1S/C14H22INO5S/c1-14(22,9-11(17)20-8-3-2-6-15)13(19)21-12(18)10-5-4-7-16-10/h10,16,22H,2-9H2,1H3/t10-,14-/m0/s1. The van der Waals surface area contributed by atoms with E-state index in [4.69, 9.17) is 9.47 Å². The zero-order chi connectivity index (χ0) is 16.6. The molecule has 22 heavy (non-hydrogen) atoms. The van der Waals surface area contributed by atoms with Gasteiger partial charge in [-0.05, 0) is 43.6 Å². The molecular weight excluding hydrogens is 421 g/mol. The lowest BCUT2D eigenvalue weighted by Crippen LogP contribution is -2.40. The Hall–Kier alpha value is -0.350. The highest BCUT2D eigenvalue weighted by atomic mass is 127. The summed E-state index contributed by atoms with van der Waals surface area (Å²) in [6.45, 7) is 2.50. The van der Waals surface area contributed by atoms with Crippen LogP contribution in [0.3, 0.4) is 0 Å². The molecule has 1 saturated heterocycles. The number of esters is 3. The molecule has 6 nitrogen and oxygen atoms in total. The van der Waals surface area contributed by atoms with Crippen molar-refractivity contribution in [3.05, 3.63) is 0 Å². The van der Waals surface area contributed by atoms with Crippen molar-refractivity contribution >= 4 is 53.1 Å². The summed E-state index contributed by atoms with van der Waals surface area (Å²) in [5, 5.41) is 2.95. The summed E-state index contributed by atoms with van der Waals surface area (Å²) in [7, 11) is 0. The molecule has 1 N–H and O–H groups in total. The van der Waals surface area contributed by atoms with Crippen LogP contribution in [0.1, 0.15) is 39.0 Å². The average Bonchev–Trinajstić information content (AvgIpc) is 2.97. The van der Waals surface area contributed by atoms with Crippen molar-refractivity contribution in [1.82, 2.24) is 5.32 Å². The van der Waals surface area contributed by atoms with Gasteiger partial charge in [0, 0.05) is 0 Å². The Labute approximate surface area is 149 Å². The average molecular weight is 443 g/mol. The SMILES string of the molecule is C[C@](S)(CC(=O)OCCCCI)C(=O)OC(=O)[C@@H]1CCCN1. The molecule has 1 rings (SSSR count). The largest absolute Gasteiger partial charge is 0.466 e. The van der Waals surface area contributed by atoms with Crippen LogP contribution in [-0.4, -0.2) is 46.3 Å². The summed E-state index contributed by atoms with van der Waals surface area (Å²) in [4.78, 5) is 35.5. The van der Waals surface area contributed by atoms with Crippen molar-refractivity contribution in [2.24, 2.45) is 0 Å². The monoisotopic (exact) mass is 443 g/mol. The minimum absolute atomic E-state index is 0.232. The van der Waals surface area contributed by atoms with Crippen LogP contribution >= 0.6 is 35.2 Å². The van der Waals surface area contributed by atoms with Gasteiger partial charge >= 0.3 is 17.9 Å². The second kappa shape index (κ2) is 9.71. The van der Waals surface area contributed by atoms with Crippen molar-refractivity contribution in [2.75, 3.05) is 17.6 Å². The zero-order valence-corrected chi connectivity index (χ0v) is 15.7. The molecule has 1 aliphatic rings. The highest BCUT2D eigenvalue weighted by molar-refractivity contribution is 14.1. The molecule has 1 heterocycles. The summed E-state index contributed by atoms with van der Waals surface area (Å²) in [5.41, 5.74) is 0. The van der Waals surface area contributed by atoms with Crippen molar-refractivity contribution < 1.29 is 23.9 Å². The first-order chi connectivity index (χ1) is 10.4. The van der Waals surface area contributed by atoms with Crippen molar-refractivity contribution in [1.29, 1.82) is 0 Å². The number of ether oxygens (including phenoxy) is 2. The number of alkyl halides is 1. The number of hydrogen-bond acceptors (Lipinski definition) is 7. The number of nitrogens with one attached hydrogen (secondary N) is 1. The number of unbranched alkanes of at least 4 members (excludes halogenated alkanes) is 1. The van der Waals surface area contributed by atoms with Gasteiger partial charge in [-0.25, -0.2) is 4.79 Å². The van der Waals surface area contributed by atoms with Gasteiger partial charge in [0.25, 0.3) is 0 Å². The predicted octanol–water partition coefficient (Wildman–Crippen LogP) is 1.65. The van der Waals surface area contributed by atoms with E-state index >= 15 is 0 Å². The third kappa shape index (κ3) is 6.82. The molecule has 126 valence electrons. The predicted molar refractivity (Wildman–Crippen MR) is 93.2 cm³/mol. The number of hydrogen-bond donors (Lipinski definition) is 2. The van der Waals surface area contributed by atoms with Gasteiger partial charge in [-0.15, -0.1) is 0 Å². The van der Waals surface area contributed by atoms with Gasteiger partial charge in [-0.1, -0.05) is 22.6 Å². The summed E-state index contributed by atoms with van der Waals surface area (Å²) in [5.74, 6) is -1.95. The van der Waals surface area contributed by atoms with Gasteiger partial charge in [0.15, 0.2) is 0 Å². The molecule has 0 aromatic heterocycles. The summed E-state index contributed by atoms with van der Waals surface area (Å²) < 4.78 is 9.48. The third-order valence-corrected chi connectivity index (χ3v) is 4.36. The Morgan fingerprint density at radius 2 is 2.09 bits per heavy atom. The second-order valence-corrected chi connectivity index (χ2v) is 7.49. The van der Waals surface area contributed by atoms with E-state index in [2.05, 4.69) is 40.5 Å². The topological polar surface area (TPSA) is 81.7 Å². The van der Waals surface area contributed by atoms with Crippen LogP contribution in [0.2, 0.25) is 0 Å². The fourth-order valence-corrected chi connectivity index (χ4v) is 2.66. The third-order valence-electron chi connectivity index (χ3n) is 3.26. The lowest BCUT2D eigenvalue weighted by molar-refractivity contribution is -0.164. The van der Waals surface area contributed by atoms with E-state index in [9.17, 15) is 14.4 Å². The Balaban J connectivity index is 2.38. The van der Waals surface area contributed by atoms with E-state index in [0.29, 0.717) is 13.0 Å². The molecule has 1 fully saturated rings. The van der Waals surface area contributed by atoms with Crippen LogP contribution in [0.5, 0.6) is 0 Å². The number of halogens is 1. The lowest BCUT2D eigenvalue weighted by atomic mass is 10.1. The van der Waals surface area contributed by atoms with Crippen LogP contribution in [0.25, 0.3) is 0 Å². The molecule has 0 saturated carbocycles. The molecule has 0 unspecified atom stereocenters. The fraction of sp³-hybridized carbons (Fsp3) is 0.786. The molecule has 0 aliphatic carbocycles. The molecule has 0 radical (unpaired) electrons. The molecule has 2 atom stereocenters. The highest BCUT2D eigenvalue weighted by Crippen LogP contribution is 2.22. The second-order valence-electron chi connectivity index (χ2n) is 5.42. The molecule has 0 bridgehead atoms. The molecular formula is C14H22INO5S. The summed E-state index contributed by atoms with van der Waals surface area (Å²) in [6, 6.07) is -0.451. The number of thiol groups is 1. The summed E-state index contributed by atoms with van der Waals surface area (Å²) in [6.07, 6.45) is 3.04. The smallest absolute Gasteiger partial charge is 0.330 e. The van der Waals surface area contributed by atoms with E-state index in [-0.39, 0.29) is 6.42 Å². The Morgan fingerprint density at radius 1 is 1.36 bits per heavy atom. The normalized spacial score (nSPS) is 20.2. The van der Waals surface area contributed by atoms with Crippen LogP contribution in [-0.2, 0) is 23.9 Å². The first kappa shape index (κ1) is 19.7. The molecule has 8 heteroatoms. The maximum absolute atomic E-state index is 12.0. The van der Waals surface area contributed by atoms with Gasteiger partial charge in [0.05, 0.1) is 13.0 Å². The Morgan fingerprint density at radius 3 is 2.68 bits per heavy atom. The molecule has 0 aromatic carbocycles. The van der Waals surface area contributed by atoms with E-state index in [1.54, 1.807) is 0 Å². The van der Waals surface area contributed by atoms with Crippen LogP contribution in [0.15, 0.2) is 0 Å². The zero-order valence-electron chi connectivity index (χ0n) is 12.6. The Kier molecular flexibility index (Phi) is 8.70. The highest BCUT2D eigenvalue weighted by Gasteiger charge is 2.37. The van der Waals surface area contributed by atoms with Crippen molar-refractivity contribution in [3.8, 4) is 0 Å². The van der Waals surface area contributed by atoms with Gasteiger partial charge in [-0.3, -0.25) is 9.59 Å². The first-order valence-electron chi connectivity index (χ1n) is 7.30. The quantitative estimate of drug-likeness (QED) is 0.148. The number of carbonyl (C=O) groups is 3. The minimum atomic E-state index is -1.38. The van der Waals surface area contributed by atoms with Gasteiger partial charge in [0.2, 0.25) is 0 Å². The summed E-state index contributed by atoms with van der Waals surface area (Å²) >= 11 is 6.40. The van der Waals surface area contributed by atoms with Gasteiger partial charge in [0.1, 0.15) is 10.8 Å². The number of rotatable bonds is 8. The molecule has 0 spiro atoms. The molecule has 0 amide bonds. The number of carbonyl (C=O) groups excluding carboxylic acids is 3. The first-order valence-corrected chi connectivity index (χ1v) is 9.27. The van der Waals surface area contributed by atoms with E-state index in [0.717, 1.165) is 30.2 Å². The van der Waals surface area contributed by atoms with Gasteiger partial charge < -0.3 is 14.8 Å². The molecule has 0 aromatic rings. The van der Waals surface area contributed by atoms with E-state index in [1.807, 2.05) is 0 Å². The van der Waals surface area contributed by atoms with Crippen LogP contribution in [0, 0.1) is 0 Å². The van der Waals surface area contributed by atoms with E-state index in [1.165, 1.54) is 6.92 Å². The lowest BCUT2D eigenvalue weighted by Gasteiger charge is -2.20. The van der Waals surface area contributed by atoms with Crippen LogP contribution < -0.4 is 5.32 Å². The Bertz CT molecular complexity index is 410. The van der Waals surface area contributed by atoms with E-state index < -0.39 is 28.7 Å². The molecule has 1 aliphatic heterocycles. The maximum Gasteiger partial charge on any atom is 0.330 e. The fourth-order valence-electron chi connectivity index (χ4n) is 1.94. The van der Waals surface area contributed by atoms with Crippen molar-refractivity contribution in [3.63, 3.8) is 0 Å². The maximum atomic E-state index is 12.0. The minimum Gasteiger partial charge on any atom is -0.466 e.